The number of halogens is 1. The molecule has 0 amide bonds. The minimum absolute atomic E-state index is 0.0889. The first-order valence-electron chi connectivity index (χ1n) is 6.77. The molecule has 0 aliphatic heterocycles. The monoisotopic (exact) mass is 237 g/mol. The van der Waals surface area contributed by atoms with Gasteiger partial charge in [-0.25, -0.2) is 4.39 Å². The number of benzene rings is 1. The lowest BCUT2D eigenvalue weighted by Crippen LogP contribution is -2.21. The standard InChI is InChI=1S/C15H24FN/c1-3-5-6-7-12-15(17-4-2)13-10-8-9-11-14(13)16/h8-11,15,17H,3-7,12H2,1-2H3. The largest absolute Gasteiger partial charge is 0.310 e. The van der Waals surface area contributed by atoms with Gasteiger partial charge in [0.25, 0.3) is 0 Å². The van der Waals surface area contributed by atoms with E-state index in [1.165, 1.54) is 25.7 Å². The van der Waals surface area contributed by atoms with Crippen LogP contribution in [-0.2, 0) is 0 Å². The lowest BCUT2D eigenvalue weighted by atomic mass is 9.99. The zero-order chi connectivity index (χ0) is 12.5. The smallest absolute Gasteiger partial charge is 0.127 e. The highest BCUT2D eigenvalue weighted by Gasteiger charge is 2.13. The van der Waals surface area contributed by atoms with Crippen molar-refractivity contribution in [1.82, 2.24) is 5.32 Å². The second kappa shape index (κ2) is 8.24. The molecule has 0 radical (unpaired) electrons. The van der Waals surface area contributed by atoms with Crippen LogP contribution < -0.4 is 5.32 Å². The van der Waals surface area contributed by atoms with Gasteiger partial charge >= 0.3 is 0 Å². The Bertz CT molecular complexity index is 312. The molecule has 1 rings (SSSR count). The van der Waals surface area contributed by atoms with Crippen LogP contribution in [-0.4, -0.2) is 6.54 Å². The first-order chi connectivity index (χ1) is 8.29. The molecule has 17 heavy (non-hydrogen) atoms. The molecular formula is C15H24FN. The number of unbranched alkanes of at least 4 members (excludes halogenated alkanes) is 3. The fourth-order valence-corrected chi connectivity index (χ4v) is 2.15. The van der Waals surface area contributed by atoms with Crippen LogP contribution in [0.3, 0.4) is 0 Å². The Balaban J connectivity index is 2.56. The maximum Gasteiger partial charge on any atom is 0.127 e. The number of rotatable bonds is 8. The molecule has 1 N–H and O–H groups in total. The summed E-state index contributed by atoms with van der Waals surface area (Å²) in [5, 5.41) is 3.38. The fraction of sp³-hybridized carbons (Fsp3) is 0.600. The number of nitrogens with one attached hydrogen (secondary N) is 1. The van der Waals surface area contributed by atoms with Crippen molar-refractivity contribution in [3.63, 3.8) is 0 Å². The van der Waals surface area contributed by atoms with Gasteiger partial charge in [-0.1, -0.05) is 57.7 Å². The second-order valence-corrected chi connectivity index (χ2v) is 4.48. The Kier molecular flexibility index (Phi) is 6.87. The van der Waals surface area contributed by atoms with Crippen molar-refractivity contribution in [1.29, 1.82) is 0 Å². The Hall–Kier alpha value is -0.890. The summed E-state index contributed by atoms with van der Waals surface area (Å²) < 4.78 is 13.7. The summed E-state index contributed by atoms with van der Waals surface area (Å²) in [6.07, 6.45) is 5.95. The van der Waals surface area contributed by atoms with Gasteiger partial charge in [0.15, 0.2) is 0 Å². The quantitative estimate of drug-likeness (QED) is 0.659. The van der Waals surface area contributed by atoms with Crippen LogP contribution in [0.15, 0.2) is 24.3 Å². The SMILES string of the molecule is CCCCCCC(NCC)c1ccccc1F. The third-order valence-electron chi connectivity index (χ3n) is 3.08. The van der Waals surface area contributed by atoms with E-state index in [1.54, 1.807) is 12.1 Å². The van der Waals surface area contributed by atoms with E-state index in [2.05, 4.69) is 19.2 Å². The molecule has 0 spiro atoms. The predicted molar refractivity (Wildman–Crippen MR) is 71.6 cm³/mol. The lowest BCUT2D eigenvalue weighted by Gasteiger charge is -2.18. The van der Waals surface area contributed by atoms with Gasteiger partial charge in [-0.3, -0.25) is 0 Å². The Morgan fingerprint density at radius 2 is 1.88 bits per heavy atom. The molecule has 2 heteroatoms. The molecule has 96 valence electrons. The Morgan fingerprint density at radius 1 is 1.12 bits per heavy atom. The molecule has 0 saturated carbocycles. The van der Waals surface area contributed by atoms with E-state index in [0.717, 1.165) is 18.5 Å². The maximum absolute atomic E-state index is 13.7. The second-order valence-electron chi connectivity index (χ2n) is 4.48. The molecule has 0 aliphatic carbocycles. The van der Waals surface area contributed by atoms with E-state index in [0.29, 0.717) is 0 Å². The first-order valence-corrected chi connectivity index (χ1v) is 6.77. The minimum Gasteiger partial charge on any atom is -0.310 e. The van der Waals surface area contributed by atoms with Crippen LogP contribution in [0.5, 0.6) is 0 Å². The summed E-state index contributed by atoms with van der Waals surface area (Å²) in [4.78, 5) is 0. The van der Waals surface area contributed by atoms with Crippen molar-refractivity contribution in [2.75, 3.05) is 6.54 Å². The van der Waals surface area contributed by atoms with E-state index >= 15 is 0 Å². The molecule has 1 nitrogen and oxygen atoms in total. The van der Waals surface area contributed by atoms with Gasteiger partial charge in [0.1, 0.15) is 5.82 Å². The average Bonchev–Trinajstić information content (AvgIpc) is 2.34. The van der Waals surface area contributed by atoms with Crippen LogP contribution in [0.4, 0.5) is 4.39 Å². The van der Waals surface area contributed by atoms with Crippen LogP contribution in [0.25, 0.3) is 0 Å². The minimum atomic E-state index is -0.0889. The first kappa shape index (κ1) is 14.2. The normalized spacial score (nSPS) is 12.6. The van der Waals surface area contributed by atoms with Gasteiger partial charge < -0.3 is 5.32 Å². The van der Waals surface area contributed by atoms with Crippen molar-refractivity contribution >= 4 is 0 Å². The highest BCUT2D eigenvalue weighted by Crippen LogP contribution is 2.22. The predicted octanol–water partition coefficient (Wildman–Crippen LogP) is 4.45. The van der Waals surface area contributed by atoms with Crippen molar-refractivity contribution in [3.8, 4) is 0 Å². The molecule has 0 aliphatic rings. The van der Waals surface area contributed by atoms with E-state index in [-0.39, 0.29) is 11.9 Å². The van der Waals surface area contributed by atoms with Crippen molar-refractivity contribution in [2.45, 2.75) is 52.0 Å². The van der Waals surface area contributed by atoms with E-state index in [1.807, 2.05) is 12.1 Å². The molecule has 0 saturated heterocycles. The topological polar surface area (TPSA) is 12.0 Å². The lowest BCUT2D eigenvalue weighted by molar-refractivity contribution is 0.461. The van der Waals surface area contributed by atoms with Crippen LogP contribution in [0, 0.1) is 5.82 Å². The molecular weight excluding hydrogens is 213 g/mol. The van der Waals surface area contributed by atoms with Gasteiger partial charge in [0.2, 0.25) is 0 Å². The van der Waals surface area contributed by atoms with Crippen molar-refractivity contribution < 1.29 is 4.39 Å². The van der Waals surface area contributed by atoms with Gasteiger partial charge in [-0.2, -0.15) is 0 Å². The molecule has 0 bridgehead atoms. The summed E-state index contributed by atoms with van der Waals surface area (Å²) in [6, 6.07) is 7.26. The fourth-order valence-electron chi connectivity index (χ4n) is 2.15. The summed E-state index contributed by atoms with van der Waals surface area (Å²) in [5.41, 5.74) is 0.811. The van der Waals surface area contributed by atoms with E-state index in [4.69, 9.17) is 0 Å². The van der Waals surface area contributed by atoms with Crippen molar-refractivity contribution in [3.05, 3.63) is 35.6 Å². The molecule has 0 aromatic heterocycles. The zero-order valence-corrected chi connectivity index (χ0v) is 11.0. The number of hydrogen-bond donors (Lipinski definition) is 1. The zero-order valence-electron chi connectivity index (χ0n) is 11.0. The number of hydrogen-bond acceptors (Lipinski definition) is 1. The summed E-state index contributed by atoms with van der Waals surface area (Å²) in [5.74, 6) is -0.0889. The summed E-state index contributed by atoms with van der Waals surface area (Å²) in [7, 11) is 0. The Labute approximate surface area is 104 Å². The van der Waals surface area contributed by atoms with E-state index < -0.39 is 0 Å². The van der Waals surface area contributed by atoms with Crippen LogP contribution >= 0.6 is 0 Å². The summed E-state index contributed by atoms with van der Waals surface area (Å²) >= 11 is 0. The van der Waals surface area contributed by atoms with Gasteiger partial charge in [0, 0.05) is 11.6 Å². The average molecular weight is 237 g/mol. The molecule has 1 unspecified atom stereocenters. The van der Waals surface area contributed by atoms with Gasteiger partial charge in [-0.15, -0.1) is 0 Å². The van der Waals surface area contributed by atoms with Crippen LogP contribution in [0.2, 0.25) is 0 Å². The third-order valence-corrected chi connectivity index (χ3v) is 3.08. The van der Waals surface area contributed by atoms with E-state index in [9.17, 15) is 4.39 Å². The molecule has 1 aromatic carbocycles. The molecule has 1 atom stereocenters. The highest BCUT2D eigenvalue weighted by molar-refractivity contribution is 5.21. The van der Waals surface area contributed by atoms with Crippen LogP contribution in [0.1, 0.15) is 57.6 Å². The maximum atomic E-state index is 13.7. The Morgan fingerprint density at radius 3 is 2.53 bits per heavy atom. The molecule has 1 aromatic rings. The summed E-state index contributed by atoms with van der Waals surface area (Å²) in [6.45, 7) is 5.16. The van der Waals surface area contributed by atoms with Gasteiger partial charge in [-0.05, 0) is 19.0 Å². The van der Waals surface area contributed by atoms with Crippen molar-refractivity contribution in [2.24, 2.45) is 0 Å². The highest BCUT2D eigenvalue weighted by atomic mass is 19.1. The molecule has 0 fully saturated rings. The molecule has 0 heterocycles. The third kappa shape index (κ3) is 4.86. The van der Waals surface area contributed by atoms with Gasteiger partial charge in [0.05, 0.1) is 0 Å².